The minimum absolute atomic E-state index is 0.122. The molecule has 0 atom stereocenters. The van der Waals surface area contributed by atoms with Gasteiger partial charge in [0.25, 0.3) is 0 Å². The molecule has 0 bridgehead atoms. The van der Waals surface area contributed by atoms with Crippen LogP contribution in [0, 0.1) is 0 Å². The molecule has 4 nitrogen and oxygen atoms in total. The Labute approximate surface area is 93.2 Å². The summed E-state index contributed by atoms with van der Waals surface area (Å²) < 4.78 is 9.75. The van der Waals surface area contributed by atoms with Crippen LogP contribution in [0.4, 0.5) is 4.79 Å². The van der Waals surface area contributed by atoms with E-state index in [1.54, 1.807) is 32.9 Å². The van der Waals surface area contributed by atoms with Crippen molar-refractivity contribution in [3.8, 4) is 5.88 Å². The Morgan fingerprint density at radius 1 is 1.40 bits per heavy atom. The molecule has 82 valence electrons. The molecular weight excluding hydrogens is 218 g/mol. The average molecular weight is 230 g/mol. The molecular formula is C10H12ClNO3. The first-order valence-electron chi connectivity index (χ1n) is 4.40. The normalized spacial score (nSPS) is 10.9. The molecule has 0 saturated heterocycles. The first kappa shape index (κ1) is 11.8. The van der Waals surface area contributed by atoms with Crippen LogP contribution in [0.2, 0.25) is 5.15 Å². The molecule has 0 aromatic carbocycles. The molecule has 0 unspecified atom stereocenters. The number of pyridine rings is 1. The molecule has 1 aromatic heterocycles. The predicted octanol–water partition coefficient (Wildman–Crippen LogP) is 3.05. The highest BCUT2D eigenvalue weighted by Gasteiger charge is 2.18. The number of rotatable bonds is 1. The quantitative estimate of drug-likeness (QED) is 0.549. The van der Waals surface area contributed by atoms with Gasteiger partial charge in [0.15, 0.2) is 0 Å². The van der Waals surface area contributed by atoms with Crippen LogP contribution in [0.25, 0.3) is 0 Å². The van der Waals surface area contributed by atoms with Gasteiger partial charge < -0.3 is 9.47 Å². The Bertz CT molecular complexity index is 360. The van der Waals surface area contributed by atoms with Crippen LogP contribution >= 0.6 is 11.6 Å². The van der Waals surface area contributed by atoms with Crippen molar-refractivity contribution in [3.63, 3.8) is 0 Å². The molecule has 1 rings (SSSR count). The Kier molecular flexibility index (Phi) is 3.52. The summed E-state index contributed by atoms with van der Waals surface area (Å²) in [6.45, 7) is 5.25. The molecule has 0 fully saturated rings. The Morgan fingerprint density at radius 2 is 2.07 bits per heavy atom. The number of carbonyl (C=O) groups is 1. The number of nitrogens with zero attached hydrogens (tertiary/aromatic N) is 1. The second-order valence-corrected chi connectivity index (χ2v) is 4.25. The number of halogens is 1. The van der Waals surface area contributed by atoms with Crippen LogP contribution in [0.15, 0.2) is 18.2 Å². The summed E-state index contributed by atoms with van der Waals surface area (Å²) >= 11 is 5.62. The van der Waals surface area contributed by atoms with Gasteiger partial charge in [-0.15, -0.1) is 0 Å². The van der Waals surface area contributed by atoms with Gasteiger partial charge in [-0.2, -0.15) is 0 Å². The molecule has 15 heavy (non-hydrogen) atoms. The van der Waals surface area contributed by atoms with Crippen molar-refractivity contribution < 1.29 is 14.3 Å². The summed E-state index contributed by atoms with van der Waals surface area (Å²) in [5, 5.41) is 0.260. The number of aromatic nitrogens is 1. The maximum absolute atomic E-state index is 11.2. The zero-order valence-corrected chi connectivity index (χ0v) is 9.54. The lowest BCUT2D eigenvalue weighted by molar-refractivity contribution is 0.0197. The number of ether oxygens (including phenoxy) is 2. The topological polar surface area (TPSA) is 48.4 Å². The SMILES string of the molecule is CC(C)(C)OC(=O)Oc1cccc(Cl)n1. The third-order valence-corrected chi connectivity index (χ3v) is 1.48. The standard InChI is InChI=1S/C10H12ClNO3/c1-10(2,3)15-9(13)14-8-6-4-5-7(11)12-8/h4-6H,1-3H3. The van der Waals surface area contributed by atoms with Crippen LogP contribution in [0.1, 0.15) is 20.8 Å². The highest BCUT2D eigenvalue weighted by atomic mass is 35.5. The molecule has 0 radical (unpaired) electrons. The summed E-state index contributed by atoms with van der Waals surface area (Å²) in [7, 11) is 0. The molecule has 5 heteroatoms. The molecule has 0 aliphatic heterocycles. The second-order valence-electron chi connectivity index (χ2n) is 3.87. The zero-order chi connectivity index (χ0) is 11.5. The molecule has 0 aliphatic carbocycles. The lowest BCUT2D eigenvalue weighted by Gasteiger charge is -2.18. The van der Waals surface area contributed by atoms with Gasteiger partial charge in [-0.3, -0.25) is 0 Å². The predicted molar refractivity (Wildman–Crippen MR) is 56.1 cm³/mol. The van der Waals surface area contributed by atoms with Gasteiger partial charge in [-0.05, 0) is 26.8 Å². The molecule has 0 spiro atoms. The van der Waals surface area contributed by atoms with Crippen LogP contribution < -0.4 is 4.74 Å². The molecule has 0 amide bonds. The fraction of sp³-hybridized carbons (Fsp3) is 0.400. The van der Waals surface area contributed by atoms with E-state index in [1.807, 2.05) is 0 Å². The first-order valence-corrected chi connectivity index (χ1v) is 4.78. The van der Waals surface area contributed by atoms with Crippen molar-refractivity contribution in [1.29, 1.82) is 0 Å². The molecule has 0 N–H and O–H groups in total. The fourth-order valence-electron chi connectivity index (χ4n) is 0.803. The van der Waals surface area contributed by atoms with Gasteiger partial charge in [0.2, 0.25) is 5.88 Å². The van der Waals surface area contributed by atoms with Crippen LogP contribution in [-0.2, 0) is 4.74 Å². The highest BCUT2D eigenvalue weighted by Crippen LogP contribution is 2.14. The molecule has 1 heterocycles. The van der Waals surface area contributed by atoms with Crippen LogP contribution in [0.5, 0.6) is 5.88 Å². The van der Waals surface area contributed by atoms with Gasteiger partial charge in [-0.25, -0.2) is 9.78 Å². The molecule has 0 saturated carbocycles. The summed E-state index contributed by atoms with van der Waals surface area (Å²) in [5.41, 5.74) is -0.588. The van der Waals surface area contributed by atoms with Crippen molar-refractivity contribution in [2.45, 2.75) is 26.4 Å². The van der Waals surface area contributed by atoms with E-state index in [0.29, 0.717) is 0 Å². The van der Waals surface area contributed by atoms with Gasteiger partial charge >= 0.3 is 6.16 Å². The van der Waals surface area contributed by atoms with Crippen LogP contribution in [-0.4, -0.2) is 16.7 Å². The number of carbonyl (C=O) groups excluding carboxylic acids is 1. The first-order chi connectivity index (χ1) is 6.87. The summed E-state index contributed by atoms with van der Waals surface area (Å²) in [5.74, 6) is 0.122. The van der Waals surface area contributed by atoms with Crippen molar-refractivity contribution >= 4 is 17.8 Å². The summed E-state index contributed by atoms with van der Waals surface area (Å²) in [4.78, 5) is 15.0. The van der Waals surface area contributed by atoms with E-state index in [1.165, 1.54) is 6.07 Å². The van der Waals surface area contributed by atoms with E-state index in [2.05, 4.69) is 4.98 Å². The van der Waals surface area contributed by atoms with E-state index < -0.39 is 11.8 Å². The van der Waals surface area contributed by atoms with Gasteiger partial charge in [0, 0.05) is 6.07 Å². The number of hydrogen-bond donors (Lipinski definition) is 0. The Balaban J connectivity index is 2.59. The average Bonchev–Trinajstić information content (AvgIpc) is 1.99. The summed E-state index contributed by atoms with van der Waals surface area (Å²) in [6.07, 6.45) is -0.794. The van der Waals surface area contributed by atoms with Gasteiger partial charge in [0.05, 0.1) is 0 Å². The third kappa shape index (κ3) is 4.65. The maximum Gasteiger partial charge on any atom is 0.515 e. The largest absolute Gasteiger partial charge is 0.515 e. The molecule has 0 aliphatic rings. The van der Waals surface area contributed by atoms with E-state index in [-0.39, 0.29) is 11.0 Å². The fourth-order valence-corrected chi connectivity index (χ4v) is 0.959. The van der Waals surface area contributed by atoms with Gasteiger partial charge in [0.1, 0.15) is 10.8 Å². The smallest absolute Gasteiger partial charge is 0.428 e. The Hall–Kier alpha value is -1.29. The van der Waals surface area contributed by atoms with E-state index in [4.69, 9.17) is 21.1 Å². The third-order valence-electron chi connectivity index (χ3n) is 1.27. The van der Waals surface area contributed by atoms with E-state index in [9.17, 15) is 4.79 Å². The van der Waals surface area contributed by atoms with Crippen molar-refractivity contribution in [2.75, 3.05) is 0 Å². The second kappa shape index (κ2) is 4.49. The minimum Gasteiger partial charge on any atom is -0.428 e. The lowest BCUT2D eigenvalue weighted by atomic mass is 10.2. The van der Waals surface area contributed by atoms with Crippen molar-refractivity contribution in [2.24, 2.45) is 0 Å². The Morgan fingerprint density at radius 3 is 2.60 bits per heavy atom. The van der Waals surface area contributed by atoms with Crippen molar-refractivity contribution in [3.05, 3.63) is 23.4 Å². The molecule has 1 aromatic rings. The maximum atomic E-state index is 11.2. The lowest BCUT2D eigenvalue weighted by Crippen LogP contribution is -2.26. The van der Waals surface area contributed by atoms with E-state index >= 15 is 0 Å². The van der Waals surface area contributed by atoms with Crippen molar-refractivity contribution in [1.82, 2.24) is 4.98 Å². The van der Waals surface area contributed by atoms with E-state index in [0.717, 1.165) is 0 Å². The minimum atomic E-state index is -0.794. The highest BCUT2D eigenvalue weighted by molar-refractivity contribution is 6.29. The van der Waals surface area contributed by atoms with Crippen LogP contribution in [0.3, 0.4) is 0 Å². The zero-order valence-electron chi connectivity index (χ0n) is 8.78. The monoisotopic (exact) mass is 229 g/mol. The number of hydrogen-bond acceptors (Lipinski definition) is 4. The summed E-state index contributed by atoms with van der Waals surface area (Å²) in [6, 6.07) is 4.74. The van der Waals surface area contributed by atoms with Gasteiger partial charge in [-0.1, -0.05) is 17.7 Å².